The van der Waals surface area contributed by atoms with Gasteiger partial charge in [-0.15, -0.1) is 0 Å². The first-order chi connectivity index (χ1) is 16.5. The van der Waals surface area contributed by atoms with E-state index in [9.17, 15) is 4.79 Å². The van der Waals surface area contributed by atoms with Gasteiger partial charge in [-0.05, 0) is 67.9 Å². The van der Waals surface area contributed by atoms with Gasteiger partial charge in [0.1, 0.15) is 11.6 Å². The summed E-state index contributed by atoms with van der Waals surface area (Å²) in [5, 5.41) is 9.38. The Morgan fingerprint density at radius 1 is 0.882 bits per heavy atom. The molecule has 0 aliphatic carbocycles. The molecule has 0 saturated heterocycles. The molecular formula is C27H23N5O2. The van der Waals surface area contributed by atoms with Crippen LogP contribution in [-0.4, -0.2) is 25.7 Å². The van der Waals surface area contributed by atoms with Crippen LogP contribution in [0.4, 0.5) is 5.69 Å². The molecule has 0 aliphatic rings. The summed E-state index contributed by atoms with van der Waals surface area (Å²) in [6.45, 7) is 5.73. The zero-order valence-corrected chi connectivity index (χ0v) is 19.1. The van der Waals surface area contributed by atoms with E-state index in [4.69, 9.17) is 4.74 Å². The number of carbonyl (C=O) groups excluding carboxylic acids is 1. The molecule has 1 N–H and O–H groups in total. The number of nitrogens with zero attached hydrogens (tertiary/aromatic N) is 4. The van der Waals surface area contributed by atoms with E-state index < -0.39 is 0 Å². The summed E-state index contributed by atoms with van der Waals surface area (Å²) in [6.07, 6.45) is 0. The standard InChI is InChI=1S/C27H23N5O2/c1-17-15-18(2)32(31-17)25-16-26(29-19(3)28-25)34-22-13-11-21(12-14-22)30-27(33)24-10-6-8-20-7-4-5-9-23(20)24/h4-16H,1-3H3,(H,30,33). The molecule has 0 atom stereocenters. The lowest BCUT2D eigenvalue weighted by Gasteiger charge is -2.11. The maximum atomic E-state index is 12.9. The van der Waals surface area contributed by atoms with E-state index in [0.29, 0.717) is 34.5 Å². The van der Waals surface area contributed by atoms with E-state index in [1.165, 1.54) is 0 Å². The molecule has 0 fully saturated rings. The lowest BCUT2D eigenvalue weighted by atomic mass is 10.0. The minimum atomic E-state index is -0.161. The second kappa shape index (κ2) is 8.78. The summed E-state index contributed by atoms with van der Waals surface area (Å²) < 4.78 is 7.73. The molecule has 0 unspecified atom stereocenters. The van der Waals surface area contributed by atoms with E-state index in [-0.39, 0.29) is 5.91 Å². The van der Waals surface area contributed by atoms with Crippen molar-refractivity contribution >= 4 is 22.4 Å². The number of nitrogens with one attached hydrogen (secondary N) is 1. The van der Waals surface area contributed by atoms with Crippen molar-refractivity contribution in [1.82, 2.24) is 19.7 Å². The third kappa shape index (κ3) is 4.36. The quantitative estimate of drug-likeness (QED) is 0.367. The fourth-order valence-corrected chi connectivity index (χ4v) is 3.90. The molecule has 2 aromatic heterocycles. The number of benzene rings is 3. The van der Waals surface area contributed by atoms with Crippen LogP contribution < -0.4 is 10.1 Å². The predicted molar refractivity (Wildman–Crippen MR) is 132 cm³/mol. The van der Waals surface area contributed by atoms with Crippen LogP contribution in [0.15, 0.2) is 78.9 Å². The summed E-state index contributed by atoms with van der Waals surface area (Å²) in [4.78, 5) is 21.7. The molecule has 1 amide bonds. The average molecular weight is 450 g/mol. The van der Waals surface area contributed by atoms with Crippen LogP contribution in [0, 0.1) is 20.8 Å². The van der Waals surface area contributed by atoms with Crippen molar-refractivity contribution in [2.45, 2.75) is 20.8 Å². The van der Waals surface area contributed by atoms with Gasteiger partial charge in [0.2, 0.25) is 5.88 Å². The Morgan fingerprint density at radius 3 is 2.41 bits per heavy atom. The number of hydrogen-bond acceptors (Lipinski definition) is 5. The molecule has 34 heavy (non-hydrogen) atoms. The summed E-state index contributed by atoms with van der Waals surface area (Å²) >= 11 is 0. The largest absolute Gasteiger partial charge is 0.439 e. The molecule has 2 heterocycles. The molecule has 0 bridgehead atoms. The Bertz CT molecular complexity index is 1500. The van der Waals surface area contributed by atoms with Crippen LogP contribution in [-0.2, 0) is 0 Å². The number of carbonyl (C=O) groups is 1. The molecular weight excluding hydrogens is 426 g/mol. The van der Waals surface area contributed by atoms with Gasteiger partial charge in [-0.1, -0.05) is 36.4 Å². The third-order valence-electron chi connectivity index (χ3n) is 5.40. The van der Waals surface area contributed by atoms with Gasteiger partial charge in [-0.3, -0.25) is 4.79 Å². The molecule has 0 spiro atoms. The fourth-order valence-electron chi connectivity index (χ4n) is 3.90. The maximum Gasteiger partial charge on any atom is 0.256 e. The van der Waals surface area contributed by atoms with Crippen LogP contribution in [0.1, 0.15) is 27.6 Å². The molecule has 0 radical (unpaired) electrons. The number of hydrogen-bond donors (Lipinski definition) is 1. The SMILES string of the molecule is Cc1cc(C)n(-c2cc(Oc3ccc(NC(=O)c4cccc5ccccc45)cc3)nc(C)n2)n1. The van der Waals surface area contributed by atoms with Crippen LogP contribution in [0.3, 0.4) is 0 Å². The molecule has 7 nitrogen and oxygen atoms in total. The molecule has 5 rings (SSSR count). The van der Waals surface area contributed by atoms with E-state index in [1.54, 1.807) is 35.0 Å². The molecule has 0 saturated carbocycles. The monoisotopic (exact) mass is 449 g/mol. The van der Waals surface area contributed by atoms with Gasteiger partial charge >= 0.3 is 0 Å². The van der Waals surface area contributed by atoms with Crippen LogP contribution in [0.5, 0.6) is 11.6 Å². The van der Waals surface area contributed by atoms with Crippen molar-refractivity contribution < 1.29 is 9.53 Å². The first-order valence-electron chi connectivity index (χ1n) is 10.9. The zero-order chi connectivity index (χ0) is 23.7. The molecule has 0 aliphatic heterocycles. The normalized spacial score (nSPS) is 10.9. The van der Waals surface area contributed by atoms with Gasteiger partial charge in [0.25, 0.3) is 5.91 Å². The Hall–Kier alpha value is -4.52. The second-order valence-corrected chi connectivity index (χ2v) is 8.06. The summed E-state index contributed by atoms with van der Waals surface area (Å²) in [5.41, 5.74) is 3.20. The number of ether oxygens (including phenoxy) is 1. The van der Waals surface area contributed by atoms with Crippen molar-refractivity contribution in [2.75, 3.05) is 5.32 Å². The van der Waals surface area contributed by atoms with Crippen molar-refractivity contribution in [3.63, 3.8) is 0 Å². The van der Waals surface area contributed by atoms with Gasteiger partial charge in [0.15, 0.2) is 5.82 Å². The first kappa shape index (κ1) is 21.3. The van der Waals surface area contributed by atoms with E-state index in [1.807, 2.05) is 69.3 Å². The van der Waals surface area contributed by atoms with E-state index >= 15 is 0 Å². The van der Waals surface area contributed by atoms with Gasteiger partial charge in [-0.25, -0.2) is 9.67 Å². The Kier molecular flexibility index (Phi) is 5.51. The summed E-state index contributed by atoms with van der Waals surface area (Å²) in [6, 6.07) is 24.5. The zero-order valence-electron chi connectivity index (χ0n) is 19.1. The lowest BCUT2D eigenvalue weighted by Crippen LogP contribution is -2.12. The minimum Gasteiger partial charge on any atom is -0.439 e. The van der Waals surface area contributed by atoms with Gasteiger partial charge < -0.3 is 10.1 Å². The second-order valence-electron chi connectivity index (χ2n) is 8.06. The van der Waals surface area contributed by atoms with E-state index in [2.05, 4.69) is 20.4 Å². The third-order valence-corrected chi connectivity index (χ3v) is 5.40. The highest BCUT2D eigenvalue weighted by Crippen LogP contribution is 2.25. The van der Waals surface area contributed by atoms with Crippen LogP contribution in [0.2, 0.25) is 0 Å². The molecule has 5 aromatic rings. The van der Waals surface area contributed by atoms with Gasteiger partial charge in [-0.2, -0.15) is 10.1 Å². The summed E-state index contributed by atoms with van der Waals surface area (Å²) in [7, 11) is 0. The number of anilines is 1. The summed E-state index contributed by atoms with van der Waals surface area (Å²) in [5.74, 6) is 2.08. The van der Waals surface area contributed by atoms with Crippen molar-refractivity contribution in [2.24, 2.45) is 0 Å². The highest BCUT2D eigenvalue weighted by atomic mass is 16.5. The maximum absolute atomic E-state index is 12.9. The number of rotatable bonds is 5. The highest BCUT2D eigenvalue weighted by Gasteiger charge is 2.12. The van der Waals surface area contributed by atoms with E-state index in [0.717, 1.165) is 22.2 Å². The smallest absolute Gasteiger partial charge is 0.256 e. The number of amides is 1. The van der Waals surface area contributed by atoms with Crippen molar-refractivity contribution in [1.29, 1.82) is 0 Å². The van der Waals surface area contributed by atoms with Crippen molar-refractivity contribution in [3.8, 4) is 17.4 Å². The molecule has 168 valence electrons. The number of aromatic nitrogens is 4. The fraction of sp³-hybridized carbons (Fsp3) is 0.111. The predicted octanol–water partition coefficient (Wildman–Crippen LogP) is 5.79. The minimum absolute atomic E-state index is 0.161. The highest BCUT2D eigenvalue weighted by molar-refractivity contribution is 6.12. The first-order valence-corrected chi connectivity index (χ1v) is 10.9. The molecule has 7 heteroatoms. The Morgan fingerprint density at radius 2 is 1.65 bits per heavy atom. The number of fused-ring (bicyclic) bond motifs is 1. The van der Waals surface area contributed by atoms with Gasteiger partial charge in [0, 0.05) is 23.0 Å². The Labute approximate surface area is 197 Å². The van der Waals surface area contributed by atoms with Crippen LogP contribution in [0.25, 0.3) is 16.6 Å². The van der Waals surface area contributed by atoms with Gasteiger partial charge in [0.05, 0.1) is 5.69 Å². The van der Waals surface area contributed by atoms with Crippen LogP contribution >= 0.6 is 0 Å². The van der Waals surface area contributed by atoms with Crippen molar-refractivity contribution in [3.05, 3.63) is 102 Å². The Balaban J connectivity index is 1.33. The average Bonchev–Trinajstić information content (AvgIpc) is 3.17. The number of aryl methyl sites for hydroxylation is 3. The lowest BCUT2D eigenvalue weighted by molar-refractivity contribution is 0.102. The molecule has 3 aromatic carbocycles. The topological polar surface area (TPSA) is 81.9 Å².